The Kier molecular flexibility index (Phi) is 3.66. The average molecular weight is 348 g/mol. The van der Waals surface area contributed by atoms with E-state index in [-0.39, 0.29) is 0 Å². The van der Waals surface area contributed by atoms with Crippen LogP contribution in [0, 0.1) is 23.2 Å². The molecule has 0 heterocycles. The van der Waals surface area contributed by atoms with Crippen LogP contribution in [0.3, 0.4) is 0 Å². The predicted molar refractivity (Wildman–Crippen MR) is 91.0 cm³/mol. The molecule has 1 aromatic rings. The van der Waals surface area contributed by atoms with E-state index in [0.29, 0.717) is 11.5 Å². The van der Waals surface area contributed by atoms with Crippen LogP contribution in [-0.4, -0.2) is 6.04 Å². The number of rotatable bonds is 4. The van der Waals surface area contributed by atoms with Crippen LogP contribution in [0.1, 0.15) is 50.5 Å². The van der Waals surface area contributed by atoms with E-state index in [9.17, 15) is 0 Å². The molecule has 0 aromatic heterocycles. The summed E-state index contributed by atoms with van der Waals surface area (Å²) < 4.78 is 1.15. The van der Waals surface area contributed by atoms with Crippen LogP contribution in [0.5, 0.6) is 0 Å². The molecular weight excluding hydrogens is 322 g/mol. The number of benzene rings is 1. The molecule has 114 valence electrons. The first-order valence-corrected chi connectivity index (χ1v) is 9.40. The van der Waals surface area contributed by atoms with Gasteiger partial charge < -0.3 is 5.73 Å². The van der Waals surface area contributed by atoms with Crippen molar-refractivity contribution in [1.29, 1.82) is 0 Å². The quantitative estimate of drug-likeness (QED) is 0.821. The summed E-state index contributed by atoms with van der Waals surface area (Å²) >= 11 is 3.51. The molecule has 5 rings (SSSR count). The Morgan fingerprint density at radius 2 is 1.52 bits per heavy atom. The van der Waals surface area contributed by atoms with Crippen molar-refractivity contribution in [3.8, 4) is 0 Å². The fourth-order valence-electron chi connectivity index (χ4n) is 6.09. The third kappa shape index (κ3) is 2.94. The molecular formula is C19H26BrN. The van der Waals surface area contributed by atoms with E-state index in [4.69, 9.17) is 5.73 Å². The maximum atomic E-state index is 6.55. The van der Waals surface area contributed by atoms with E-state index in [2.05, 4.69) is 40.2 Å². The lowest BCUT2D eigenvalue weighted by Crippen LogP contribution is -2.48. The van der Waals surface area contributed by atoms with E-state index in [0.717, 1.165) is 28.6 Å². The Balaban J connectivity index is 1.42. The zero-order chi connectivity index (χ0) is 14.4. The molecule has 0 saturated heterocycles. The lowest BCUT2D eigenvalue weighted by Gasteiger charge is -2.57. The van der Waals surface area contributed by atoms with E-state index in [1.807, 2.05) is 0 Å². The fraction of sp³-hybridized carbons (Fsp3) is 0.684. The van der Waals surface area contributed by atoms with Crippen molar-refractivity contribution >= 4 is 15.9 Å². The monoisotopic (exact) mass is 347 g/mol. The highest BCUT2D eigenvalue weighted by atomic mass is 79.9. The summed E-state index contributed by atoms with van der Waals surface area (Å²) in [6, 6.07) is 9.02. The second-order valence-electron chi connectivity index (χ2n) is 8.21. The molecule has 4 fully saturated rings. The third-order valence-electron chi connectivity index (χ3n) is 6.27. The lowest BCUT2D eigenvalue weighted by atomic mass is 9.48. The second-order valence-corrected chi connectivity index (χ2v) is 9.13. The van der Waals surface area contributed by atoms with Gasteiger partial charge in [0, 0.05) is 10.5 Å². The van der Waals surface area contributed by atoms with Gasteiger partial charge in [-0.3, -0.25) is 0 Å². The topological polar surface area (TPSA) is 26.0 Å². The van der Waals surface area contributed by atoms with Crippen molar-refractivity contribution in [3.63, 3.8) is 0 Å². The largest absolute Gasteiger partial charge is 0.327 e. The van der Waals surface area contributed by atoms with Gasteiger partial charge in [-0.2, -0.15) is 0 Å². The summed E-state index contributed by atoms with van der Waals surface area (Å²) in [4.78, 5) is 0. The molecule has 0 radical (unpaired) electrons. The highest BCUT2D eigenvalue weighted by Crippen LogP contribution is 2.61. The zero-order valence-corrected chi connectivity index (χ0v) is 14.3. The summed E-state index contributed by atoms with van der Waals surface area (Å²) in [5, 5.41) is 0. The lowest BCUT2D eigenvalue weighted by molar-refractivity contribution is -0.0602. The van der Waals surface area contributed by atoms with Crippen molar-refractivity contribution in [2.75, 3.05) is 0 Å². The van der Waals surface area contributed by atoms with Crippen molar-refractivity contribution < 1.29 is 0 Å². The normalized spacial score (nSPS) is 38.7. The molecule has 0 spiro atoms. The molecule has 1 atom stereocenters. The Bertz CT molecular complexity index is 472. The van der Waals surface area contributed by atoms with E-state index >= 15 is 0 Å². The van der Waals surface area contributed by atoms with Crippen LogP contribution in [-0.2, 0) is 6.42 Å². The molecule has 1 nitrogen and oxygen atoms in total. The fourth-order valence-corrected chi connectivity index (χ4v) is 6.36. The summed E-state index contributed by atoms with van der Waals surface area (Å²) in [5.41, 5.74) is 8.55. The molecule has 4 aliphatic carbocycles. The number of nitrogens with two attached hydrogens (primary N) is 1. The van der Waals surface area contributed by atoms with Crippen molar-refractivity contribution in [2.45, 2.75) is 57.4 Å². The van der Waals surface area contributed by atoms with Crippen LogP contribution in [0.2, 0.25) is 0 Å². The first kappa shape index (κ1) is 14.3. The highest BCUT2D eigenvalue weighted by Gasteiger charge is 2.50. The van der Waals surface area contributed by atoms with Crippen LogP contribution in [0.25, 0.3) is 0 Å². The van der Waals surface area contributed by atoms with Gasteiger partial charge in [0.2, 0.25) is 0 Å². The molecule has 4 aliphatic rings. The van der Waals surface area contributed by atoms with Crippen molar-refractivity contribution in [1.82, 2.24) is 0 Å². The molecule has 2 N–H and O–H groups in total. The molecule has 0 aliphatic heterocycles. The summed E-state index contributed by atoms with van der Waals surface area (Å²) in [6.45, 7) is 0. The smallest absolute Gasteiger partial charge is 0.0175 e. The van der Waals surface area contributed by atoms with Gasteiger partial charge in [-0.1, -0.05) is 28.1 Å². The van der Waals surface area contributed by atoms with Crippen molar-refractivity contribution in [2.24, 2.45) is 28.9 Å². The summed E-state index contributed by atoms with van der Waals surface area (Å²) in [5.74, 6) is 3.11. The molecule has 2 heteroatoms. The molecule has 21 heavy (non-hydrogen) atoms. The third-order valence-corrected chi connectivity index (χ3v) is 6.80. The van der Waals surface area contributed by atoms with Crippen LogP contribution in [0.4, 0.5) is 0 Å². The van der Waals surface area contributed by atoms with Gasteiger partial charge in [0.05, 0.1) is 0 Å². The maximum Gasteiger partial charge on any atom is 0.0175 e. The van der Waals surface area contributed by atoms with Gasteiger partial charge in [-0.25, -0.2) is 0 Å². The minimum atomic E-state index is 0.336. The van der Waals surface area contributed by atoms with Gasteiger partial charge in [0.25, 0.3) is 0 Å². The zero-order valence-electron chi connectivity index (χ0n) is 12.7. The summed E-state index contributed by atoms with van der Waals surface area (Å²) in [7, 11) is 0. The molecule has 0 amide bonds. The average Bonchev–Trinajstić information content (AvgIpc) is 2.39. The van der Waals surface area contributed by atoms with Gasteiger partial charge in [0.1, 0.15) is 0 Å². The first-order chi connectivity index (χ1) is 10.1. The van der Waals surface area contributed by atoms with Crippen molar-refractivity contribution in [3.05, 3.63) is 34.3 Å². The molecule has 1 aromatic carbocycles. The van der Waals surface area contributed by atoms with Gasteiger partial charge in [-0.15, -0.1) is 0 Å². The van der Waals surface area contributed by atoms with E-state index in [1.54, 1.807) is 0 Å². The minimum Gasteiger partial charge on any atom is -0.327 e. The van der Waals surface area contributed by atoms with Gasteiger partial charge in [-0.05, 0) is 92.2 Å². The number of hydrogen-bond donors (Lipinski definition) is 1. The Hall–Kier alpha value is -0.340. The SMILES string of the molecule is NC(Cc1ccc(Br)cc1)CC12CC3CC(CC(C3)C1)C2. The van der Waals surface area contributed by atoms with Gasteiger partial charge >= 0.3 is 0 Å². The first-order valence-electron chi connectivity index (χ1n) is 8.60. The molecule has 4 saturated carbocycles. The highest BCUT2D eigenvalue weighted by molar-refractivity contribution is 9.10. The number of hydrogen-bond acceptors (Lipinski definition) is 1. The molecule has 1 unspecified atom stereocenters. The van der Waals surface area contributed by atoms with Crippen LogP contribution >= 0.6 is 15.9 Å². The second kappa shape index (κ2) is 5.38. The maximum absolute atomic E-state index is 6.55. The van der Waals surface area contributed by atoms with Crippen LogP contribution < -0.4 is 5.73 Å². The van der Waals surface area contributed by atoms with Crippen LogP contribution in [0.15, 0.2) is 28.7 Å². The minimum absolute atomic E-state index is 0.336. The number of halogens is 1. The molecule has 4 bridgehead atoms. The Labute approximate surface area is 136 Å². The standard InChI is InChI=1S/C19H26BrN/c20-17-3-1-13(2-4-17)8-18(21)12-19-9-14-5-15(10-19)7-16(6-14)11-19/h1-4,14-16,18H,5-12,21H2. The summed E-state index contributed by atoms with van der Waals surface area (Å²) in [6.07, 6.45) is 11.3. The van der Waals surface area contributed by atoms with E-state index in [1.165, 1.54) is 50.5 Å². The Morgan fingerprint density at radius 3 is 2.05 bits per heavy atom. The van der Waals surface area contributed by atoms with E-state index < -0.39 is 0 Å². The Morgan fingerprint density at radius 1 is 1.00 bits per heavy atom. The van der Waals surface area contributed by atoms with Gasteiger partial charge in [0.15, 0.2) is 0 Å². The predicted octanol–water partition coefficient (Wildman–Crippen LogP) is 4.93.